The number of carboxylic acid groups (broad SMARTS) is 1. The topological polar surface area (TPSA) is 75.6 Å². The van der Waals surface area contributed by atoms with Crippen molar-refractivity contribution < 1.29 is 19.4 Å². The Morgan fingerprint density at radius 1 is 1.39 bits per heavy atom. The van der Waals surface area contributed by atoms with Crippen molar-refractivity contribution in [3.05, 3.63) is 29.3 Å². The lowest BCUT2D eigenvalue weighted by atomic mass is 9.66. The second-order valence-corrected chi connectivity index (χ2v) is 6.56. The zero-order valence-corrected chi connectivity index (χ0v) is 13.4. The molecule has 1 heterocycles. The highest BCUT2D eigenvalue weighted by Crippen LogP contribution is 2.44. The predicted molar refractivity (Wildman–Crippen MR) is 85.4 cm³/mol. The number of carbonyl (C=O) groups excluding carboxylic acids is 1. The second-order valence-electron chi connectivity index (χ2n) is 6.56. The Morgan fingerprint density at radius 3 is 2.78 bits per heavy atom. The summed E-state index contributed by atoms with van der Waals surface area (Å²) in [4.78, 5) is 23.8. The van der Waals surface area contributed by atoms with Crippen LogP contribution in [-0.2, 0) is 16.0 Å². The van der Waals surface area contributed by atoms with Gasteiger partial charge in [0.2, 0.25) is 5.91 Å². The number of rotatable bonds is 5. The summed E-state index contributed by atoms with van der Waals surface area (Å²) in [6.45, 7) is 2.65. The van der Waals surface area contributed by atoms with Crippen LogP contribution in [0.15, 0.2) is 18.2 Å². The molecule has 0 radical (unpaired) electrons. The standard InChI is InChI=1S/C18H23NO4/c1-2-12-5-3-6-13-14(7-10-23-16(12)13)19-15(20)11-18(17(21)22)8-4-9-18/h3,5-6,14H,2,4,7-11H2,1H3,(H,19,20)(H,21,22). The van der Waals surface area contributed by atoms with Gasteiger partial charge in [-0.25, -0.2) is 0 Å². The fourth-order valence-electron chi connectivity index (χ4n) is 3.54. The maximum atomic E-state index is 12.4. The van der Waals surface area contributed by atoms with E-state index in [2.05, 4.69) is 12.2 Å². The molecule has 1 atom stereocenters. The van der Waals surface area contributed by atoms with Gasteiger partial charge in [0.1, 0.15) is 5.75 Å². The molecule has 5 nitrogen and oxygen atoms in total. The van der Waals surface area contributed by atoms with Gasteiger partial charge in [-0.3, -0.25) is 9.59 Å². The summed E-state index contributed by atoms with van der Waals surface area (Å²) in [7, 11) is 0. The van der Waals surface area contributed by atoms with Crippen LogP contribution in [-0.4, -0.2) is 23.6 Å². The minimum Gasteiger partial charge on any atom is -0.493 e. The molecule has 1 unspecified atom stereocenters. The molecule has 1 aromatic carbocycles. The van der Waals surface area contributed by atoms with E-state index in [9.17, 15) is 14.7 Å². The van der Waals surface area contributed by atoms with Crippen LogP contribution >= 0.6 is 0 Å². The molecule has 2 aliphatic rings. The highest BCUT2D eigenvalue weighted by atomic mass is 16.5. The molecule has 1 aliphatic carbocycles. The first-order chi connectivity index (χ1) is 11.1. The Labute approximate surface area is 136 Å². The van der Waals surface area contributed by atoms with E-state index in [0.29, 0.717) is 25.9 Å². The molecule has 1 aliphatic heterocycles. The van der Waals surface area contributed by atoms with E-state index >= 15 is 0 Å². The van der Waals surface area contributed by atoms with Crippen molar-refractivity contribution in [1.29, 1.82) is 0 Å². The van der Waals surface area contributed by atoms with E-state index in [0.717, 1.165) is 29.7 Å². The smallest absolute Gasteiger partial charge is 0.310 e. The Kier molecular flexibility index (Phi) is 4.28. The molecular formula is C18H23NO4. The number of carbonyl (C=O) groups is 2. The average Bonchev–Trinajstić information content (AvgIpc) is 2.50. The molecule has 0 aromatic heterocycles. The van der Waals surface area contributed by atoms with Crippen molar-refractivity contribution in [1.82, 2.24) is 5.32 Å². The highest BCUT2D eigenvalue weighted by Gasteiger charge is 2.46. The fraction of sp³-hybridized carbons (Fsp3) is 0.556. The van der Waals surface area contributed by atoms with Crippen LogP contribution in [0.4, 0.5) is 0 Å². The molecule has 124 valence electrons. The number of nitrogens with one attached hydrogen (secondary N) is 1. The summed E-state index contributed by atoms with van der Waals surface area (Å²) in [5.41, 5.74) is 1.30. The number of para-hydroxylation sites is 1. The molecule has 2 N–H and O–H groups in total. The number of aliphatic carboxylic acids is 1. The highest BCUT2D eigenvalue weighted by molar-refractivity contribution is 5.86. The molecule has 0 spiro atoms. The fourth-order valence-corrected chi connectivity index (χ4v) is 3.54. The SMILES string of the molecule is CCc1cccc2c1OCCC2NC(=O)CC1(C(=O)O)CCC1. The average molecular weight is 317 g/mol. The van der Waals surface area contributed by atoms with E-state index in [4.69, 9.17) is 4.74 Å². The van der Waals surface area contributed by atoms with Crippen LogP contribution < -0.4 is 10.1 Å². The zero-order chi connectivity index (χ0) is 16.4. The number of amides is 1. The number of hydrogen-bond acceptors (Lipinski definition) is 3. The number of ether oxygens (including phenoxy) is 1. The van der Waals surface area contributed by atoms with Gasteiger partial charge in [0.05, 0.1) is 18.1 Å². The Hall–Kier alpha value is -2.04. The maximum absolute atomic E-state index is 12.4. The van der Waals surface area contributed by atoms with Crippen molar-refractivity contribution in [2.24, 2.45) is 5.41 Å². The van der Waals surface area contributed by atoms with Gasteiger partial charge < -0.3 is 15.2 Å². The molecule has 0 saturated heterocycles. The Bertz CT molecular complexity index is 621. The Balaban J connectivity index is 1.72. The number of benzene rings is 1. The van der Waals surface area contributed by atoms with Crippen LogP contribution in [0.25, 0.3) is 0 Å². The van der Waals surface area contributed by atoms with Gasteiger partial charge in [0.25, 0.3) is 0 Å². The Morgan fingerprint density at radius 2 is 2.17 bits per heavy atom. The summed E-state index contributed by atoms with van der Waals surface area (Å²) < 4.78 is 5.78. The summed E-state index contributed by atoms with van der Waals surface area (Å²) in [5.74, 6) is -0.144. The van der Waals surface area contributed by atoms with Crippen LogP contribution in [0.5, 0.6) is 5.75 Å². The van der Waals surface area contributed by atoms with Crippen LogP contribution in [0, 0.1) is 5.41 Å². The van der Waals surface area contributed by atoms with E-state index < -0.39 is 11.4 Å². The third kappa shape index (κ3) is 2.92. The molecule has 1 aromatic rings. The minimum atomic E-state index is -0.848. The molecule has 5 heteroatoms. The first-order valence-corrected chi connectivity index (χ1v) is 8.33. The van der Waals surface area contributed by atoms with E-state index in [1.54, 1.807) is 0 Å². The minimum absolute atomic E-state index is 0.0719. The van der Waals surface area contributed by atoms with Gasteiger partial charge in [-0.15, -0.1) is 0 Å². The lowest BCUT2D eigenvalue weighted by Gasteiger charge is -2.37. The van der Waals surface area contributed by atoms with Gasteiger partial charge in [-0.1, -0.05) is 31.5 Å². The van der Waals surface area contributed by atoms with Crippen LogP contribution in [0.1, 0.15) is 56.2 Å². The molecular weight excluding hydrogens is 294 g/mol. The molecule has 1 fully saturated rings. The van der Waals surface area contributed by atoms with E-state index in [1.807, 2.05) is 18.2 Å². The third-order valence-corrected chi connectivity index (χ3v) is 5.13. The first-order valence-electron chi connectivity index (χ1n) is 8.33. The van der Waals surface area contributed by atoms with Crippen LogP contribution in [0.3, 0.4) is 0 Å². The predicted octanol–water partition coefficient (Wildman–Crippen LogP) is 2.83. The number of hydrogen-bond donors (Lipinski definition) is 2. The summed E-state index contributed by atoms with van der Waals surface area (Å²) in [5, 5.41) is 12.4. The van der Waals surface area contributed by atoms with Gasteiger partial charge in [0, 0.05) is 18.4 Å². The monoisotopic (exact) mass is 317 g/mol. The molecule has 3 rings (SSSR count). The number of carboxylic acids is 1. The van der Waals surface area contributed by atoms with Crippen molar-refractivity contribution in [2.45, 2.75) is 51.5 Å². The largest absolute Gasteiger partial charge is 0.493 e. The van der Waals surface area contributed by atoms with Crippen molar-refractivity contribution >= 4 is 11.9 Å². The number of aryl methyl sites for hydroxylation is 1. The first kappa shape index (κ1) is 15.8. The van der Waals surface area contributed by atoms with E-state index in [-0.39, 0.29) is 18.4 Å². The third-order valence-electron chi connectivity index (χ3n) is 5.13. The molecule has 1 amide bonds. The molecule has 0 bridgehead atoms. The van der Waals surface area contributed by atoms with E-state index in [1.165, 1.54) is 0 Å². The lowest BCUT2D eigenvalue weighted by molar-refractivity contribution is -0.157. The summed E-state index contributed by atoms with van der Waals surface area (Å²) >= 11 is 0. The quantitative estimate of drug-likeness (QED) is 0.875. The van der Waals surface area contributed by atoms with Gasteiger partial charge in [-0.05, 0) is 24.8 Å². The summed E-state index contributed by atoms with van der Waals surface area (Å²) in [6.07, 6.45) is 3.75. The van der Waals surface area contributed by atoms with Gasteiger partial charge in [-0.2, -0.15) is 0 Å². The van der Waals surface area contributed by atoms with Gasteiger partial charge >= 0.3 is 5.97 Å². The number of fused-ring (bicyclic) bond motifs is 1. The molecule has 23 heavy (non-hydrogen) atoms. The maximum Gasteiger partial charge on any atom is 0.310 e. The summed E-state index contributed by atoms with van der Waals surface area (Å²) in [6, 6.07) is 5.91. The van der Waals surface area contributed by atoms with Crippen molar-refractivity contribution in [2.75, 3.05) is 6.61 Å². The molecule has 1 saturated carbocycles. The second kappa shape index (κ2) is 6.22. The van der Waals surface area contributed by atoms with Gasteiger partial charge in [0.15, 0.2) is 0 Å². The normalized spacial score (nSPS) is 21.5. The van der Waals surface area contributed by atoms with Crippen LogP contribution in [0.2, 0.25) is 0 Å². The zero-order valence-electron chi connectivity index (χ0n) is 13.4. The lowest BCUT2D eigenvalue weighted by Crippen LogP contribution is -2.43. The van der Waals surface area contributed by atoms with Crippen molar-refractivity contribution in [3.8, 4) is 5.75 Å². The van der Waals surface area contributed by atoms with Crippen molar-refractivity contribution in [3.63, 3.8) is 0 Å².